The first-order valence-corrected chi connectivity index (χ1v) is 14.7. The van der Waals surface area contributed by atoms with Gasteiger partial charge in [0.1, 0.15) is 17.5 Å². The summed E-state index contributed by atoms with van der Waals surface area (Å²) in [6.45, 7) is 11.4. The van der Waals surface area contributed by atoms with E-state index >= 15 is 0 Å². The number of morpholine rings is 1. The van der Waals surface area contributed by atoms with Crippen molar-refractivity contribution in [2.45, 2.75) is 58.4 Å². The minimum absolute atomic E-state index is 0.106. The molecule has 1 amide bonds. The van der Waals surface area contributed by atoms with Crippen LogP contribution < -0.4 is 5.32 Å². The highest BCUT2D eigenvalue weighted by Gasteiger charge is 2.44. The first-order chi connectivity index (χ1) is 19.6. The molecule has 0 bridgehead atoms. The van der Waals surface area contributed by atoms with Gasteiger partial charge in [0, 0.05) is 36.9 Å². The van der Waals surface area contributed by atoms with Crippen molar-refractivity contribution in [3.05, 3.63) is 63.0 Å². The molecule has 0 saturated carbocycles. The summed E-state index contributed by atoms with van der Waals surface area (Å²) in [6.07, 6.45) is 1.12. The second-order valence-electron chi connectivity index (χ2n) is 11.2. The number of thiazole rings is 1. The van der Waals surface area contributed by atoms with Gasteiger partial charge < -0.3 is 24.4 Å². The molecule has 5 rings (SSSR count). The van der Waals surface area contributed by atoms with E-state index in [9.17, 15) is 14.0 Å². The summed E-state index contributed by atoms with van der Waals surface area (Å²) in [7, 11) is 0. The maximum absolute atomic E-state index is 14.7. The fourth-order valence-corrected chi connectivity index (χ4v) is 5.99. The van der Waals surface area contributed by atoms with Gasteiger partial charge in [-0.1, -0.05) is 12.1 Å². The number of aliphatic imine (C=N–C) groups is 1. The van der Waals surface area contributed by atoms with Crippen LogP contribution >= 0.6 is 11.3 Å². The molecular weight excluding hydrogens is 549 g/mol. The van der Waals surface area contributed by atoms with E-state index in [1.807, 2.05) is 26.2 Å². The lowest BCUT2D eigenvalue weighted by Crippen LogP contribution is -2.53. The molecule has 0 spiro atoms. The van der Waals surface area contributed by atoms with Crippen LogP contribution in [0.3, 0.4) is 0 Å². The quantitative estimate of drug-likeness (QED) is 0.511. The van der Waals surface area contributed by atoms with Crippen LogP contribution in [0, 0.1) is 12.7 Å². The molecule has 2 fully saturated rings. The SMILES string of the molecule is CCOC(=O)C1=C(CN2CCO[C@@H]3CN(C(=O)OC(C)(C)C)C[C@@H]32)NC(c2nccs2)=N[C@H]1c1cccc(F)c1C. The second-order valence-corrected chi connectivity index (χ2v) is 12.1. The highest BCUT2D eigenvalue weighted by Crippen LogP contribution is 2.36. The van der Waals surface area contributed by atoms with Crippen LogP contribution in [0.5, 0.6) is 0 Å². The molecule has 1 aromatic heterocycles. The number of benzene rings is 1. The first kappa shape index (κ1) is 29.2. The normalized spacial score (nSPS) is 23.1. The van der Waals surface area contributed by atoms with Gasteiger partial charge in [0.15, 0.2) is 10.8 Å². The highest BCUT2D eigenvalue weighted by atomic mass is 32.1. The predicted octanol–water partition coefficient (Wildman–Crippen LogP) is 3.82. The molecular formula is C29H36FN5O5S. The Morgan fingerprint density at radius 2 is 2.07 bits per heavy atom. The Morgan fingerprint density at radius 1 is 1.27 bits per heavy atom. The molecule has 3 aliphatic rings. The Morgan fingerprint density at radius 3 is 2.78 bits per heavy atom. The molecule has 220 valence electrons. The van der Waals surface area contributed by atoms with Gasteiger partial charge in [-0.25, -0.2) is 19.0 Å². The van der Waals surface area contributed by atoms with Crippen molar-refractivity contribution in [3.8, 4) is 0 Å². The third-order valence-electron chi connectivity index (χ3n) is 7.29. The van der Waals surface area contributed by atoms with E-state index < -0.39 is 17.6 Å². The van der Waals surface area contributed by atoms with E-state index in [4.69, 9.17) is 19.2 Å². The number of carbonyl (C=O) groups is 2. The van der Waals surface area contributed by atoms with Crippen molar-refractivity contribution in [2.24, 2.45) is 4.99 Å². The molecule has 0 unspecified atom stereocenters. The van der Waals surface area contributed by atoms with Crippen LogP contribution in [-0.2, 0) is 19.0 Å². The van der Waals surface area contributed by atoms with E-state index in [-0.39, 0.29) is 30.7 Å². The average molecular weight is 586 g/mol. The topological polar surface area (TPSA) is 106 Å². The smallest absolute Gasteiger partial charge is 0.410 e. The van der Waals surface area contributed by atoms with E-state index in [2.05, 4.69) is 15.2 Å². The molecule has 2 saturated heterocycles. The van der Waals surface area contributed by atoms with Crippen LogP contribution in [0.2, 0.25) is 0 Å². The lowest BCUT2D eigenvalue weighted by Gasteiger charge is -2.38. The van der Waals surface area contributed by atoms with Gasteiger partial charge in [-0.15, -0.1) is 11.3 Å². The number of nitrogens with one attached hydrogen (secondary N) is 1. The van der Waals surface area contributed by atoms with E-state index in [0.717, 1.165) is 0 Å². The van der Waals surface area contributed by atoms with Gasteiger partial charge in [0.25, 0.3) is 0 Å². The number of amides is 1. The number of rotatable bonds is 6. The summed E-state index contributed by atoms with van der Waals surface area (Å²) in [4.78, 5) is 39.5. The third-order valence-corrected chi connectivity index (χ3v) is 8.07. The Kier molecular flexibility index (Phi) is 8.44. The van der Waals surface area contributed by atoms with Gasteiger partial charge in [-0.05, 0) is 51.8 Å². The molecule has 3 atom stereocenters. The molecule has 2 aromatic rings. The maximum Gasteiger partial charge on any atom is 0.410 e. The van der Waals surface area contributed by atoms with Gasteiger partial charge in [0.05, 0.1) is 37.5 Å². The fourth-order valence-electron chi connectivity index (χ4n) is 5.40. The Bertz CT molecular complexity index is 1360. The van der Waals surface area contributed by atoms with Gasteiger partial charge in [0.2, 0.25) is 0 Å². The Labute approximate surface area is 243 Å². The van der Waals surface area contributed by atoms with Gasteiger partial charge in [-0.3, -0.25) is 9.89 Å². The van der Waals surface area contributed by atoms with Crippen LogP contribution in [0.4, 0.5) is 9.18 Å². The Balaban J connectivity index is 1.51. The van der Waals surface area contributed by atoms with Crippen LogP contribution in [0.1, 0.15) is 49.9 Å². The Hall–Kier alpha value is -3.35. The standard InChI is InChI=1S/C29H36FN5O5S/c1-6-38-27(36)23-20(14-34-11-12-39-22-16-35(15-21(22)34)28(37)40-29(3,4)5)32-25(26-31-10-13-41-26)33-24(23)18-8-7-9-19(30)17(18)2/h7-10,13,21-22,24H,6,11-12,14-16H2,1-5H3,(H,32,33)/t21-,22+,24-/m0/s1. The minimum Gasteiger partial charge on any atom is -0.463 e. The van der Waals surface area contributed by atoms with Crippen molar-refractivity contribution < 1.29 is 28.2 Å². The zero-order valence-corrected chi connectivity index (χ0v) is 24.8. The van der Waals surface area contributed by atoms with Gasteiger partial charge >= 0.3 is 12.1 Å². The third kappa shape index (κ3) is 6.29. The molecule has 0 aliphatic carbocycles. The lowest BCUT2D eigenvalue weighted by atomic mass is 9.92. The number of esters is 1. The summed E-state index contributed by atoms with van der Waals surface area (Å²) in [6, 6.07) is 3.90. The minimum atomic E-state index is -0.793. The largest absolute Gasteiger partial charge is 0.463 e. The lowest BCUT2D eigenvalue weighted by molar-refractivity contribution is -0.139. The van der Waals surface area contributed by atoms with Crippen LogP contribution in [-0.4, -0.2) is 89.8 Å². The number of nitrogens with zero attached hydrogens (tertiary/aromatic N) is 4. The van der Waals surface area contributed by atoms with E-state index in [1.165, 1.54) is 17.4 Å². The molecule has 41 heavy (non-hydrogen) atoms. The number of ether oxygens (including phenoxy) is 3. The second kappa shape index (κ2) is 11.9. The number of fused-ring (bicyclic) bond motifs is 1. The number of halogens is 1. The van der Waals surface area contributed by atoms with Crippen molar-refractivity contribution in [2.75, 3.05) is 39.4 Å². The summed E-state index contributed by atoms with van der Waals surface area (Å²) < 4.78 is 31.9. The number of hydrogen-bond acceptors (Lipinski definition) is 10. The molecule has 10 nitrogen and oxygen atoms in total. The van der Waals surface area contributed by atoms with Crippen molar-refractivity contribution in [3.63, 3.8) is 0 Å². The molecule has 3 aliphatic heterocycles. The van der Waals surface area contributed by atoms with Crippen LogP contribution in [0.25, 0.3) is 0 Å². The number of carbonyl (C=O) groups excluding carboxylic acids is 2. The van der Waals surface area contributed by atoms with Crippen LogP contribution in [0.15, 0.2) is 46.0 Å². The van der Waals surface area contributed by atoms with Gasteiger partial charge in [-0.2, -0.15) is 0 Å². The molecule has 1 N–H and O–H groups in total. The number of amidine groups is 1. The maximum atomic E-state index is 14.7. The predicted molar refractivity (Wildman–Crippen MR) is 152 cm³/mol. The van der Waals surface area contributed by atoms with E-state index in [0.29, 0.717) is 66.0 Å². The molecule has 1 aromatic carbocycles. The highest BCUT2D eigenvalue weighted by molar-refractivity contribution is 7.11. The fraction of sp³-hybridized carbons (Fsp3) is 0.517. The number of likely N-dealkylation sites (tertiary alicyclic amines) is 1. The molecule has 12 heteroatoms. The van der Waals surface area contributed by atoms with Crippen molar-refractivity contribution >= 4 is 29.2 Å². The van der Waals surface area contributed by atoms with E-state index in [1.54, 1.807) is 37.1 Å². The summed E-state index contributed by atoms with van der Waals surface area (Å²) >= 11 is 1.42. The van der Waals surface area contributed by atoms with Crippen molar-refractivity contribution in [1.29, 1.82) is 0 Å². The molecule has 4 heterocycles. The number of aromatic nitrogens is 1. The summed E-state index contributed by atoms with van der Waals surface area (Å²) in [5.74, 6) is -0.387. The summed E-state index contributed by atoms with van der Waals surface area (Å²) in [5.41, 5.74) is 1.32. The number of hydrogen-bond donors (Lipinski definition) is 1. The zero-order valence-electron chi connectivity index (χ0n) is 24.0. The van der Waals surface area contributed by atoms with Crippen molar-refractivity contribution in [1.82, 2.24) is 20.1 Å². The first-order valence-electron chi connectivity index (χ1n) is 13.8. The average Bonchev–Trinajstić information content (AvgIpc) is 3.60. The molecule has 0 radical (unpaired) electrons. The zero-order chi connectivity index (χ0) is 29.3. The monoisotopic (exact) mass is 585 g/mol. The summed E-state index contributed by atoms with van der Waals surface area (Å²) in [5, 5.41) is 5.87.